The lowest BCUT2D eigenvalue weighted by Gasteiger charge is -2.10. The van der Waals surface area contributed by atoms with E-state index in [2.05, 4.69) is 5.10 Å². The summed E-state index contributed by atoms with van der Waals surface area (Å²) in [5, 5.41) is 10.4. The zero-order valence-corrected chi connectivity index (χ0v) is 8.04. The molecule has 0 radical (unpaired) electrons. The molecule has 7 heteroatoms. The summed E-state index contributed by atoms with van der Waals surface area (Å²) in [6.07, 6.45) is -3.02. The molecule has 0 amide bonds. The summed E-state index contributed by atoms with van der Waals surface area (Å²) in [7, 11) is 0. The van der Waals surface area contributed by atoms with E-state index < -0.39 is 11.9 Å². The molecule has 0 aromatic carbocycles. The molecule has 0 spiro atoms. The molecule has 1 atom stereocenters. The molecule has 0 fully saturated rings. The van der Waals surface area contributed by atoms with Crippen molar-refractivity contribution in [3.05, 3.63) is 18.0 Å². The van der Waals surface area contributed by atoms with Gasteiger partial charge in [-0.3, -0.25) is 10.1 Å². The molecule has 3 N–H and O–H groups in total. The molecular formula is C8H11F3N4. The number of nitrogens with zero attached hydrogens (tertiary/aromatic N) is 2. The van der Waals surface area contributed by atoms with Gasteiger partial charge in [-0.2, -0.15) is 18.3 Å². The van der Waals surface area contributed by atoms with Crippen LogP contribution >= 0.6 is 0 Å². The second-order valence-corrected chi connectivity index (χ2v) is 3.26. The lowest BCUT2D eigenvalue weighted by atomic mass is 10.2. The third-order valence-electron chi connectivity index (χ3n) is 1.87. The first-order chi connectivity index (χ1) is 6.80. The van der Waals surface area contributed by atoms with Crippen molar-refractivity contribution >= 4 is 5.84 Å². The van der Waals surface area contributed by atoms with Crippen LogP contribution in [0, 0.1) is 5.41 Å². The smallest absolute Gasteiger partial charge is 0.388 e. The van der Waals surface area contributed by atoms with Crippen LogP contribution in [0.4, 0.5) is 13.2 Å². The number of hydrogen-bond acceptors (Lipinski definition) is 2. The van der Waals surface area contributed by atoms with Gasteiger partial charge < -0.3 is 5.73 Å². The summed E-state index contributed by atoms with van der Waals surface area (Å²) in [5.74, 6) is -0.0773. The predicted octanol–water partition coefficient (Wildman–Crippen LogP) is 1.79. The summed E-state index contributed by atoms with van der Waals surface area (Å²) in [6, 6.07) is 0.551. The minimum absolute atomic E-state index is 0.0773. The van der Waals surface area contributed by atoms with Crippen molar-refractivity contribution < 1.29 is 13.2 Å². The monoisotopic (exact) mass is 220 g/mol. The highest BCUT2D eigenvalue weighted by atomic mass is 19.4. The summed E-state index contributed by atoms with van der Waals surface area (Å²) >= 11 is 0. The summed E-state index contributed by atoms with van der Waals surface area (Å²) in [5.41, 5.74) is 4.21. The van der Waals surface area contributed by atoms with Crippen molar-refractivity contribution in [1.82, 2.24) is 9.78 Å². The van der Waals surface area contributed by atoms with Crippen molar-refractivity contribution in [3.63, 3.8) is 0 Å². The number of nitrogens with two attached hydrogens (primary N) is 1. The van der Waals surface area contributed by atoms with Gasteiger partial charge in [0.15, 0.2) is 5.69 Å². The molecule has 4 nitrogen and oxygen atoms in total. The quantitative estimate of drug-likeness (QED) is 0.602. The van der Waals surface area contributed by atoms with Crippen molar-refractivity contribution in [2.24, 2.45) is 5.73 Å². The molecule has 0 saturated heterocycles. The standard InChI is InChI=1S/C8H11F3N4/c1-5(4-7(12)13)15-3-2-6(14-15)8(9,10)11/h2-3,5H,4H2,1H3,(H3,12,13). The van der Waals surface area contributed by atoms with Gasteiger partial charge in [-0.05, 0) is 13.0 Å². The summed E-state index contributed by atoms with van der Waals surface area (Å²) in [4.78, 5) is 0. The van der Waals surface area contributed by atoms with Gasteiger partial charge >= 0.3 is 6.18 Å². The number of rotatable bonds is 3. The van der Waals surface area contributed by atoms with E-state index in [1.54, 1.807) is 6.92 Å². The third-order valence-corrected chi connectivity index (χ3v) is 1.87. The van der Waals surface area contributed by atoms with E-state index in [4.69, 9.17) is 11.1 Å². The largest absolute Gasteiger partial charge is 0.435 e. The van der Waals surface area contributed by atoms with E-state index in [-0.39, 0.29) is 18.3 Å². The minimum Gasteiger partial charge on any atom is -0.388 e. The summed E-state index contributed by atoms with van der Waals surface area (Å²) in [6.45, 7) is 1.65. The van der Waals surface area contributed by atoms with Gasteiger partial charge in [0, 0.05) is 12.6 Å². The molecule has 0 saturated carbocycles. The van der Waals surface area contributed by atoms with Crippen LogP contribution in [0.5, 0.6) is 0 Å². The van der Waals surface area contributed by atoms with E-state index in [1.807, 2.05) is 0 Å². The van der Waals surface area contributed by atoms with Crippen LogP contribution in [0.3, 0.4) is 0 Å². The highest BCUT2D eigenvalue weighted by molar-refractivity contribution is 5.77. The van der Waals surface area contributed by atoms with Crippen LogP contribution < -0.4 is 5.73 Å². The maximum absolute atomic E-state index is 12.2. The number of halogens is 3. The fourth-order valence-electron chi connectivity index (χ4n) is 1.15. The first kappa shape index (κ1) is 11.5. The van der Waals surface area contributed by atoms with Crippen LogP contribution in [0.1, 0.15) is 25.1 Å². The molecule has 84 valence electrons. The molecule has 1 heterocycles. The lowest BCUT2D eigenvalue weighted by molar-refractivity contribution is -0.141. The van der Waals surface area contributed by atoms with E-state index in [0.717, 1.165) is 10.7 Å². The molecule has 0 aliphatic heterocycles. The van der Waals surface area contributed by atoms with Gasteiger partial charge in [0.25, 0.3) is 0 Å². The predicted molar refractivity (Wildman–Crippen MR) is 48.5 cm³/mol. The highest BCUT2D eigenvalue weighted by Gasteiger charge is 2.33. The molecule has 1 aromatic heterocycles. The second kappa shape index (κ2) is 3.92. The van der Waals surface area contributed by atoms with E-state index >= 15 is 0 Å². The van der Waals surface area contributed by atoms with Gasteiger partial charge in [-0.1, -0.05) is 0 Å². The Morgan fingerprint density at radius 2 is 2.27 bits per heavy atom. The normalized spacial score (nSPS) is 13.9. The minimum atomic E-state index is -4.43. The van der Waals surface area contributed by atoms with Crippen LogP contribution in [-0.4, -0.2) is 15.6 Å². The number of hydrogen-bond donors (Lipinski definition) is 2. The van der Waals surface area contributed by atoms with Crippen molar-refractivity contribution in [2.75, 3.05) is 0 Å². The van der Waals surface area contributed by atoms with Crippen LogP contribution in [0.15, 0.2) is 12.3 Å². The lowest BCUT2D eigenvalue weighted by Crippen LogP contribution is -2.18. The van der Waals surface area contributed by atoms with Gasteiger partial charge in [0.1, 0.15) is 0 Å². The van der Waals surface area contributed by atoms with Gasteiger partial charge in [0.2, 0.25) is 0 Å². The molecule has 0 bridgehead atoms. The van der Waals surface area contributed by atoms with Crippen LogP contribution in [0.2, 0.25) is 0 Å². The van der Waals surface area contributed by atoms with Crippen molar-refractivity contribution in [1.29, 1.82) is 5.41 Å². The van der Waals surface area contributed by atoms with E-state index in [0.29, 0.717) is 0 Å². The Hall–Kier alpha value is -1.53. The Morgan fingerprint density at radius 3 is 2.67 bits per heavy atom. The average Bonchev–Trinajstić information content (AvgIpc) is 2.48. The fourth-order valence-corrected chi connectivity index (χ4v) is 1.15. The molecule has 0 aliphatic carbocycles. The fraction of sp³-hybridized carbons (Fsp3) is 0.500. The number of aromatic nitrogens is 2. The number of alkyl halides is 3. The molecule has 0 aliphatic rings. The Morgan fingerprint density at radius 1 is 1.67 bits per heavy atom. The van der Waals surface area contributed by atoms with Crippen LogP contribution in [0.25, 0.3) is 0 Å². The Bertz CT molecular complexity index is 355. The second-order valence-electron chi connectivity index (χ2n) is 3.26. The Kier molecular flexibility index (Phi) is 3.01. The maximum Gasteiger partial charge on any atom is 0.435 e. The highest BCUT2D eigenvalue weighted by Crippen LogP contribution is 2.28. The Labute approximate surface area is 84.4 Å². The molecule has 15 heavy (non-hydrogen) atoms. The average molecular weight is 220 g/mol. The summed E-state index contributed by atoms with van der Waals surface area (Å²) < 4.78 is 37.7. The van der Waals surface area contributed by atoms with Gasteiger partial charge in [-0.15, -0.1) is 0 Å². The maximum atomic E-state index is 12.2. The SMILES string of the molecule is CC(CC(=N)N)n1ccc(C(F)(F)F)n1. The van der Waals surface area contributed by atoms with Gasteiger partial charge in [-0.25, -0.2) is 0 Å². The van der Waals surface area contributed by atoms with Gasteiger partial charge in [0.05, 0.1) is 11.9 Å². The van der Waals surface area contributed by atoms with E-state index in [1.165, 1.54) is 6.20 Å². The first-order valence-electron chi connectivity index (χ1n) is 4.26. The first-order valence-corrected chi connectivity index (χ1v) is 4.26. The third kappa shape index (κ3) is 2.97. The molecule has 1 rings (SSSR count). The number of amidine groups is 1. The van der Waals surface area contributed by atoms with Crippen LogP contribution in [-0.2, 0) is 6.18 Å². The molecule has 1 unspecified atom stereocenters. The Balaban J connectivity index is 2.80. The number of nitrogens with one attached hydrogen (secondary N) is 1. The molecule has 1 aromatic rings. The zero-order valence-electron chi connectivity index (χ0n) is 8.04. The van der Waals surface area contributed by atoms with Crippen molar-refractivity contribution in [3.8, 4) is 0 Å². The zero-order chi connectivity index (χ0) is 11.6. The van der Waals surface area contributed by atoms with E-state index in [9.17, 15) is 13.2 Å². The molecular weight excluding hydrogens is 209 g/mol. The topological polar surface area (TPSA) is 67.7 Å². The van der Waals surface area contributed by atoms with Crippen molar-refractivity contribution in [2.45, 2.75) is 25.6 Å².